The number of nitrogens with one attached hydrogen (secondary N) is 2. The van der Waals surface area contributed by atoms with Crippen molar-refractivity contribution in [2.24, 2.45) is 4.99 Å². The van der Waals surface area contributed by atoms with Crippen LogP contribution in [0.2, 0.25) is 0 Å². The Morgan fingerprint density at radius 2 is 1.76 bits per heavy atom. The van der Waals surface area contributed by atoms with Gasteiger partial charge in [-0.2, -0.15) is 0 Å². The van der Waals surface area contributed by atoms with Gasteiger partial charge in [-0.1, -0.05) is 6.07 Å². The highest BCUT2D eigenvalue weighted by Gasteiger charge is 2.12. The quantitative estimate of drug-likeness (QED) is 0.452. The number of benzene rings is 1. The summed E-state index contributed by atoms with van der Waals surface area (Å²) < 4.78 is 26.9. The highest BCUT2D eigenvalue weighted by molar-refractivity contribution is 14.0. The maximum atomic E-state index is 13.5. The number of rotatable bonds is 4. The predicted octanol–water partition coefficient (Wildman–Crippen LogP) is 3.48. The fraction of sp³-hybridized carbons (Fsp3) is 0.533. The minimum Gasteiger partial charge on any atom is -0.357 e. The molecule has 3 nitrogen and oxygen atoms in total. The SMILES string of the molecule is CCNC(=NCCc1c(F)cccc1F)NC(C)(C)C.I. The van der Waals surface area contributed by atoms with Crippen LogP contribution in [-0.2, 0) is 6.42 Å². The van der Waals surface area contributed by atoms with E-state index in [9.17, 15) is 8.78 Å². The maximum Gasteiger partial charge on any atom is 0.191 e. The Hall–Kier alpha value is -0.920. The van der Waals surface area contributed by atoms with Crippen molar-refractivity contribution < 1.29 is 8.78 Å². The van der Waals surface area contributed by atoms with Crippen LogP contribution in [0.3, 0.4) is 0 Å². The molecule has 0 amide bonds. The molecule has 0 aliphatic rings. The largest absolute Gasteiger partial charge is 0.357 e. The van der Waals surface area contributed by atoms with Gasteiger partial charge in [0.25, 0.3) is 0 Å². The molecule has 1 aromatic rings. The summed E-state index contributed by atoms with van der Waals surface area (Å²) in [5.74, 6) is -0.389. The fourth-order valence-electron chi connectivity index (χ4n) is 1.71. The summed E-state index contributed by atoms with van der Waals surface area (Å²) in [6.07, 6.45) is 0.235. The van der Waals surface area contributed by atoms with E-state index in [1.54, 1.807) is 0 Å². The molecular formula is C15H24F2IN3. The van der Waals surface area contributed by atoms with Crippen LogP contribution >= 0.6 is 24.0 Å². The fourth-order valence-corrected chi connectivity index (χ4v) is 1.71. The lowest BCUT2D eigenvalue weighted by atomic mass is 10.1. The van der Waals surface area contributed by atoms with E-state index in [-0.39, 0.29) is 41.5 Å². The van der Waals surface area contributed by atoms with Crippen molar-refractivity contribution in [1.29, 1.82) is 0 Å². The minimum atomic E-state index is -0.519. The Kier molecular flexibility index (Phi) is 8.77. The Morgan fingerprint density at radius 1 is 1.19 bits per heavy atom. The zero-order chi connectivity index (χ0) is 15.2. The van der Waals surface area contributed by atoms with Gasteiger partial charge in [-0.05, 0) is 46.2 Å². The van der Waals surface area contributed by atoms with Crippen molar-refractivity contribution >= 4 is 29.9 Å². The van der Waals surface area contributed by atoms with Crippen molar-refractivity contribution in [2.45, 2.75) is 39.7 Å². The maximum absolute atomic E-state index is 13.5. The topological polar surface area (TPSA) is 36.4 Å². The molecule has 21 heavy (non-hydrogen) atoms. The molecule has 0 saturated carbocycles. The lowest BCUT2D eigenvalue weighted by Gasteiger charge is -2.23. The van der Waals surface area contributed by atoms with Crippen LogP contribution in [0.25, 0.3) is 0 Å². The first-order chi connectivity index (χ1) is 9.33. The zero-order valence-electron chi connectivity index (χ0n) is 13.0. The number of hydrogen-bond acceptors (Lipinski definition) is 1. The van der Waals surface area contributed by atoms with E-state index in [1.807, 2.05) is 27.7 Å². The van der Waals surface area contributed by atoms with Gasteiger partial charge in [0, 0.05) is 24.2 Å². The second-order valence-electron chi connectivity index (χ2n) is 5.59. The third-order valence-electron chi connectivity index (χ3n) is 2.53. The van der Waals surface area contributed by atoms with Crippen LogP contribution in [0.15, 0.2) is 23.2 Å². The number of nitrogens with zero attached hydrogens (tertiary/aromatic N) is 1. The highest BCUT2D eigenvalue weighted by Crippen LogP contribution is 2.12. The highest BCUT2D eigenvalue weighted by atomic mass is 127. The molecule has 0 aliphatic carbocycles. The third kappa shape index (κ3) is 7.59. The van der Waals surface area contributed by atoms with E-state index in [4.69, 9.17) is 0 Å². The number of hydrogen-bond donors (Lipinski definition) is 2. The summed E-state index contributed by atoms with van der Waals surface area (Å²) in [5, 5.41) is 6.33. The molecule has 0 bridgehead atoms. The zero-order valence-corrected chi connectivity index (χ0v) is 15.3. The Labute approximate surface area is 142 Å². The van der Waals surface area contributed by atoms with E-state index in [0.717, 1.165) is 6.54 Å². The standard InChI is InChI=1S/C15H23F2N3.HI/c1-5-18-14(20-15(2,3)4)19-10-9-11-12(16)7-6-8-13(11)17;/h6-8H,5,9-10H2,1-4H3,(H2,18,19,20);1H. The van der Waals surface area contributed by atoms with E-state index in [2.05, 4.69) is 15.6 Å². The summed E-state index contributed by atoms with van der Waals surface area (Å²) in [6, 6.07) is 3.89. The van der Waals surface area contributed by atoms with E-state index >= 15 is 0 Å². The Bertz CT molecular complexity index is 450. The molecule has 0 heterocycles. The van der Waals surface area contributed by atoms with Gasteiger partial charge >= 0.3 is 0 Å². The molecule has 0 saturated heterocycles. The first kappa shape index (κ1) is 20.1. The van der Waals surface area contributed by atoms with Gasteiger partial charge in [-0.3, -0.25) is 4.99 Å². The summed E-state index contributed by atoms with van der Waals surface area (Å²) in [5.41, 5.74) is -0.0348. The molecule has 6 heteroatoms. The molecule has 0 fully saturated rings. The van der Waals surface area contributed by atoms with Crippen LogP contribution in [0.1, 0.15) is 33.3 Å². The molecular weight excluding hydrogens is 387 g/mol. The van der Waals surface area contributed by atoms with Crippen molar-refractivity contribution in [1.82, 2.24) is 10.6 Å². The van der Waals surface area contributed by atoms with Crippen LogP contribution in [0.5, 0.6) is 0 Å². The summed E-state index contributed by atoms with van der Waals surface area (Å²) in [4.78, 5) is 4.34. The van der Waals surface area contributed by atoms with Gasteiger partial charge < -0.3 is 10.6 Å². The third-order valence-corrected chi connectivity index (χ3v) is 2.53. The lowest BCUT2D eigenvalue weighted by molar-refractivity contribution is 0.501. The smallest absolute Gasteiger partial charge is 0.191 e. The summed E-state index contributed by atoms with van der Waals surface area (Å²) >= 11 is 0. The Morgan fingerprint density at radius 3 is 2.24 bits per heavy atom. The van der Waals surface area contributed by atoms with Gasteiger partial charge in [0.05, 0.1) is 0 Å². The van der Waals surface area contributed by atoms with Crippen molar-refractivity contribution in [3.63, 3.8) is 0 Å². The molecule has 120 valence electrons. The van der Waals surface area contributed by atoms with Crippen molar-refractivity contribution in [3.05, 3.63) is 35.4 Å². The Balaban J connectivity index is 0.00000400. The molecule has 0 spiro atoms. The molecule has 2 N–H and O–H groups in total. The van der Waals surface area contributed by atoms with Gasteiger partial charge in [0.1, 0.15) is 11.6 Å². The lowest BCUT2D eigenvalue weighted by Crippen LogP contribution is -2.47. The number of halogens is 3. The average Bonchev–Trinajstić information content (AvgIpc) is 2.31. The van der Waals surface area contributed by atoms with Crippen molar-refractivity contribution in [3.8, 4) is 0 Å². The van der Waals surface area contributed by atoms with Gasteiger partial charge in [-0.15, -0.1) is 24.0 Å². The first-order valence-electron chi connectivity index (χ1n) is 6.83. The molecule has 0 unspecified atom stereocenters. The number of guanidine groups is 1. The molecule has 1 rings (SSSR count). The van der Waals surface area contributed by atoms with Gasteiger partial charge in [0.15, 0.2) is 5.96 Å². The monoisotopic (exact) mass is 411 g/mol. The van der Waals surface area contributed by atoms with Crippen molar-refractivity contribution in [2.75, 3.05) is 13.1 Å². The normalized spacial score (nSPS) is 11.8. The first-order valence-corrected chi connectivity index (χ1v) is 6.83. The molecule has 0 atom stereocenters. The predicted molar refractivity (Wildman–Crippen MR) is 94.3 cm³/mol. The molecule has 1 aromatic carbocycles. The molecule has 0 radical (unpaired) electrons. The summed E-state index contributed by atoms with van der Waals surface area (Å²) in [6.45, 7) is 9.10. The van der Waals surface area contributed by atoms with Crippen LogP contribution in [-0.4, -0.2) is 24.6 Å². The number of aliphatic imine (C=N–C) groups is 1. The summed E-state index contributed by atoms with van der Waals surface area (Å²) in [7, 11) is 0. The second-order valence-corrected chi connectivity index (χ2v) is 5.59. The molecule has 0 aromatic heterocycles. The van der Waals surface area contributed by atoms with Crippen LogP contribution in [0.4, 0.5) is 8.78 Å². The van der Waals surface area contributed by atoms with Crippen LogP contribution < -0.4 is 10.6 Å². The average molecular weight is 411 g/mol. The van der Waals surface area contributed by atoms with Crippen LogP contribution in [0, 0.1) is 11.6 Å². The second kappa shape index (κ2) is 9.17. The van der Waals surface area contributed by atoms with E-state index in [0.29, 0.717) is 12.5 Å². The molecule has 0 aliphatic heterocycles. The van der Waals surface area contributed by atoms with E-state index < -0.39 is 11.6 Å². The van der Waals surface area contributed by atoms with Gasteiger partial charge in [-0.25, -0.2) is 8.78 Å². The van der Waals surface area contributed by atoms with Gasteiger partial charge in [0.2, 0.25) is 0 Å². The van der Waals surface area contributed by atoms with E-state index in [1.165, 1.54) is 18.2 Å². The minimum absolute atomic E-state index is 0.